The Labute approximate surface area is 189 Å². The van der Waals surface area contributed by atoms with Crippen molar-refractivity contribution in [3.63, 3.8) is 0 Å². The van der Waals surface area contributed by atoms with E-state index < -0.39 is 0 Å². The molecule has 0 spiro atoms. The van der Waals surface area contributed by atoms with Crippen LogP contribution in [0.1, 0.15) is 17.5 Å². The molecule has 0 unspecified atom stereocenters. The standard InChI is InChI=1S/C26H23N3O4/c30-16-5-6-28(12-16)13-19-18-10-23-24(33-8-7-32-23)11-21(18)27-25-20(19)14-29-22(25)9-15-3-1-2-4-17(15)26(29)31/h1-4,9-11,16,30H,5-8,12-14H2/t16-/m0/s1. The van der Waals surface area contributed by atoms with Gasteiger partial charge in [0.15, 0.2) is 11.5 Å². The van der Waals surface area contributed by atoms with Gasteiger partial charge < -0.3 is 19.1 Å². The summed E-state index contributed by atoms with van der Waals surface area (Å²) in [4.78, 5) is 20.7. The summed E-state index contributed by atoms with van der Waals surface area (Å²) in [6, 6.07) is 13.8. The minimum Gasteiger partial charge on any atom is -0.486 e. The van der Waals surface area contributed by atoms with Crippen molar-refractivity contribution >= 4 is 21.7 Å². The summed E-state index contributed by atoms with van der Waals surface area (Å²) < 4.78 is 13.5. The maximum atomic E-state index is 13.3. The zero-order valence-electron chi connectivity index (χ0n) is 18.1. The molecule has 1 fully saturated rings. The van der Waals surface area contributed by atoms with Crippen LogP contribution < -0.4 is 15.0 Å². The average molecular weight is 441 g/mol. The lowest BCUT2D eigenvalue weighted by atomic mass is 9.99. The molecule has 0 radical (unpaired) electrons. The van der Waals surface area contributed by atoms with Crippen molar-refractivity contribution in [2.24, 2.45) is 0 Å². The summed E-state index contributed by atoms with van der Waals surface area (Å²) in [7, 11) is 0. The fourth-order valence-electron chi connectivity index (χ4n) is 5.46. The number of rotatable bonds is 2. The molecular formula is C26H23N3O4. The molecule has 1 atom stereocenters. The molecule has 5 heterocycles. The highest BCUT2D eigenvalue weighted by Crippen LogP contribution is 2.41. The number of aliphatic hydroxyl groups excluding tert-OH is 1. The third kappa shape index (κ3) is 2.89. The summed E-state index contributed by atoms with van der Waals surface area (Å²) in [5.41, 5.74) is 4.78. The summed E-state index contributed by atoms with van der Waals surface area (Å²) in [6.45, 7) is 3.74. The van der Waals surface area contributed by atoms with Gasteiger partial charge >= 0.3 is 0 Å². The van der Waals surface area contributed by atoms with E-state index in [2.05, 4.69) is 11.0 Å². The summed E-state index contributed by atoms with van der Waals surface area (Å²) in [5.74, 6) is 1.44. The summed E-state index contributed by atoms with van der Waals surface area (Å²) in [6.07, 6.45) is 0.489. The zero-order valence-corrected chi connectivity index (χ0v) is 18.1. The molecule has 3 aliphatic heterocycles. The molecular weight excluding hydrogens is 418 g/mol. The molecule has 33 heavy (non-hydrogen) atoms. The van der Waals surface area contributed by atoms with Crippen molar-refractivity contribution in [1.29, 1.82) is 0 Å². The highest BCUT2D eigenvalue weighted by atomic mass is 16.6. The number of hydrogen-bond donors (Lipinski definition) is 1. The predicted molar refractivity (Wildman–Crippen MR) is 125 cm³/mol. The topological polar surface area (TPSA) is 76.8 Å². The van der Waals surface area contributed by atoms with Gasteiger partial charge in [-0.05, 0) is 35.6 Å². The Hall–Kier alpha value is -3.42. The monoisotopic (exact) mass is 441 g/mol. The van der Waals surface area contributed by atoms with E-state index in [0.717, 1.165) is 62.9 Å². The quantitative estimate of drug-likeness (QED) is 0.454. The minimum atomic E-state index is -0.291. The normalized spacial score (nSPS) is 19.2. The molecule has 4 aromatic rings. The number of benzene rings is 2. The second-order valence-electron chi connectivity index (χ2n) is 9.12. The first-order valence-corrected chi connectivity index (χ1v) is 11.4. The van der Waals surface area contributed by atoms with Crippen LogP contribution in [0, 0.1) is 0 Å². The Kier molecular flexibility index (Phi) is 4.07. The van der Waals surface area contributed by atoms with Crippen LogP contribution in [0.3, 0.4) is 0 Å². The summed E-state index contributed by atoms with van der Waals surface area (Å²) in [5, 5.41) is 12.8. The van der Waals surface area contributed by atoms with Gasteiger partial charge in [0.25, 0.3) is 5.56 Å². The molecule has 1 saturated heterocycles. The smallest absolute Gasteiger partial charge is 0.259 e. The van der Waals surface area contributed by atoms with Gasteiger partial charge in [0.2, 0.25) is 0 Å². The second-order valence-corrected chi connectivity index (χ2v) is 9.12. The van der Waals surface area contributed by atoms with Crippen molar-refractivity contribution in [2.75, 3.05) is 26.3 Å². The molecule has 0 bridgehead atoms. The highest BCUT2D eigenvalue weighted by molar-refractivity contribution is 5.92. The molecule has 7 heteroatoms. The molecule has 3 aliphatic rings. The predicted octanol–water partition coefficient (Wildman–Crippen LogP) is 2.92. The number of fused-ring (bicyclic) bond motifs is 6. The molecule has 2 aromatic carbocycles. The molecule has 2 aromatic heterocycles. The van der Waals surface area contributed by atoms with Gasteiger partial charge in [0.05, 0.1) is 29.6 Å². The van der Waals surface area contributed by atoms with Crippen LogP contribution in [0.25, 0.3) is 33.1 Å². The van der Waals surface area contributed by atoms with Gasteiger partial charge in [-0.3, -0.25) is 9.69 Å². The van der Waals surface area contributed by atoms with E-state index in [-0.39, 0.29) is 11.7 Å². The zero-order chi connectivity index (χ0) is 22.1. The third-order valence-corrected chi connectivity index (χ3v) is 7.08. The molecule has 7 rings (SSSR count). The van der Waals surface area contributed by atoms with E-state index in [1.165, 1.54) is 0 Å². The Morgan fingerprint density at radius 1 is 1.06 bits per heavy atom. The number of nitrogens with zero attached hydrogens (tertiary/aromatic N) is 3. The Morgan fingerprint density at radius 2 is 1.88 bits per heavy atom. The highest BCUT2D eigenvalue weighted by Gasteiger charge is 2.30. The van der Waals surface area contributed by atoms with Gasteiger partial charge in [0.1, 0.15) is 13.2 Å². The van der Waals surface area contributed by atoms with Gasteiger partial charge in [-0.1, -0.05) is 18.2 Å². The van der Waals surface area contributed by atoms with Gasteiger partial charge in [-0.2, -0.15) is 0 Å². The van der Waals surface area contributed by atoms with Crippen LogP contribution >= 0.6 is 0 Å². The SMILES string of the molecule is O=c1c2ccccc2cc2n1Cc1c-2nc2cc3c(cc2c1CN1CC[C@H](O)C1)OCCO3. The van der Waals surface area contributed by atoms with Crippen molar-refractivity contribution in [3.05, 3.63) is 63.9 Å². The van der Waals surface area contributed by atoms with Gasteiger partial charge in [0, 0.05) is 42.0 Å². The number of β-amino-alcohol motifs (C(OH)–C–C–N with tert-alkyl or cyclic N) is 1. The lowest BCUT2D eigenvalue weighted by molar-refractivity contribution is 0.172. The number of hydrogen-bond acceptors (Lipinski definition) is 6. The van der Waals surface area contributed by atoms with E-state index in [1.807, 2.05) is 41.0 Å². The molecule has 166 valence electrons. The number of pyridine rings is 2. The largest absolute Gasteiger partial charge is 0.486 e. The van der Waals surface area contributed by atoms with E-state index in [4.69, 9.17) is 14.5 Å². The number of ether oxygens (including phenoxy) is 2. The maximum Gasteiger partial charge on any atom is 0.259 e. The summed E-state index contributed by atoms with van der Waals surface area (Å²) >= 11 is 0. The minimum absolute atomic E-state index is 0.0126. The van der Waals surface area contributed by atoms with Crippen LogP contribution in [0.4, 0.5) is 0 Å². The Morgan fingerprint density at radius 3 is 2.70 bits per heavy atom. The molecule has 1 N–H and O–H groups in total. The second kappa shape index (κ2) is 7.04. The first-order chi connectivity index (χ1) is 16.2. The number of aromatic nitrogens is 2. The van der Waals surface area contributed by atoms with E-state index in [1.54, 1.807) is 0 Å². The van der Waals surface area contributed by atoms with Crippen molar-refractivity contribution in [3.8, 4) is 22.9 Å². The lowest BCUT2D eigenvalue weighted by Gasteiger charge is -2.22. The van der Waals surface area contributed by atoms with Crippen LogP contribution in [-0.4, -0.2) is 52.0 Å². The van der Waals surface area contributed by atoms with E-state index in [9.17, 15) is 9.90 Å². The Balaban J connectivity index is 1.48. The average Bonchev–Trinajstić information content (AvgIpc) is 3.41. The lowest BCUT2D eigenvalue weighted by Crippen LogP contribution is -2.23. The third-order valence-electron chi connectivity index (χ3n) is 7.08. The fourth-order valence-corrected chi connectivity index (χ4v) is 5.46. The molecule has 7 nitrogen and oxygen atoms in total. The molecule has 0 aliphatic carbocycles. The van der Waals surface area contributed by atoms with Crippen LogP contribution in [-0.2, 0) is 13.1 Å². The molecule has 0 amide bonds. The van der Waals surface area contributed by atoms with Crippen LogP contribution in [0.5, 0.6) is 11.5 Å². The Bertz CT molecular complexity index is 1510. The van der Waals surface area contributed by atoms with Crippen LogP contribution in [0.15, 0.2) is 47.3 Å². The number of likely N-dealkylation sites (tertiary alicyclic amines) is 1. The fraction of sp³-hybridized carbons (Fsp3) is 0.308. The van der Waals surface area contributed by atoms with Gasteiger partial charge in [-0.15, -0.1) is 0 Å². The van der Waals surface area contributed by atoms with Crippen LogP contribution in [0.2, 0.25) is 0 Å². The van der Waals surface area contributed by atoms with E-state index >= 15 is 0 Å². The first kappa shape index (κ1) is 19.1. The van der Waals surface area contributed by atoms with Crippen molar-refractivity contribution in [1.82, 2.24) is 14.5 Å². The van der Waals surface area contributed by atoms with Crippen molar-refractivity contribution < 1.29 is 14.6 Å². The van der Waals surface area contributed by atoms with Crippen molar-refractivity contribution in [2.45, 2.75) is 25.6 Å². The van der Waals surface area contributed by atoms with Gasteiger partial charge in [-0.25, -0.2) is 4.98 Å². The first-order valence-electron chi connectivity index (χ1n) is 11.4. The van der Waals surface area contributed by atoms with E-state index in [0.29, 0.717) is 38.6 Å². The number of aliphatic hydroxyl groups is 1. The maximum absolute atomic E-state index is 13.3. The molecule has 0 saturated carbocycles.